The van der Waals surface area contributed by atoms with Crippen molar-refractivity contribution in [2.45, 2.75) is 0 Å². The summed E-state index contributed by atoms with van der Waals surface area (Å²) in [7, 11) is 0. The van der Waals surface area contributed by atoms with Crippen LogP contribution in [0.25, 0.3) is 0 Å². The summed E-state index contributed by atoms with van der Waals surface area (Å²) < 4.78 is 30.9. The normalized spacial score (nSPS) is 10.1. The highest BCUT2D eigenvalue weighted by Gasteiger charge is 2.15. The number of esters is 1. The average molecular weight is 336 g/mol. The predicted molar refractivity (Wildman–Crippen MR) is 78.4 cm³/mol. The van der Waals surface area contributed by atoms with E-state index >= 15 is 0 Å². The van der Waals surface area contributed by atoms with Crippen LogP contribution in [0.1, 0.15) is 10.4 Å². The van der Waals surface area contributed by atoms with Gasteiger partial charge in [-0.3, -0.25) is 14.9 Å². The molecule has 0 fully saturated rings. The van der Waals surface area contributed by atoms with E-state index in [1.165, 1.54) is 12.1 Å². The first-order valence-electron chi connectivity index (χ1n) is 6.53. The molecule has 0 saturated carbocycles. The lowest BCUT2D eigenvalue weighted by atomic mass is 10.2. The molecule has 2 aromatic carbocycles. The second-order valence-corrected chi connectivity index (χ2v) is 4.55. The van der Waals surface area contributed by atoms with E-state index in [1.807, 2.05) is 0 Å². The van der Waals surface area contributed by atoms with Crippen molar-refractivity contribution in [3.8, 4) is 0 Å². The topological polar surface area (TPSA) is 98.5 Å². The number of nitrogens with one attached hydrogen (secondary N) is 1. The molecule has 0 aromatic heterocycles. The standard InChI is InChI=1S/C15H10F2N2O5/c16-10-3-1-9(2-4-10)15(21)24-8-14(20)18-13-7-11(19(22)23)5-6-12(13)17/h1-7H,8H2,(H,18,20). The van der Waals surface area contributed by atoms with Gasteiger partial charge in [0.25, 0.3) is 11.6 Å². The van der Waals surface area contributed by atoms with Crippen molar-refractivity contribution in [2.24, 2.45) is 0 Å². The SMILES string of the molecule is O=C(COC(=O)c1ccc(F)cc1)Nc1cc([N+](=O)[O-])ccc1F. The third-order valence-corrected chi connectivity index (χ3v) is 2.85. The van der Waals surface area contributed by atoms with Gasteiger partial charge in [-0.2, -0.15) is 0 Å². The molecule has 0 heterocycles. The highest BCUT2D eigenvalue weighted by atomic mass is 19.1. The van der Waals surface area contributed by atoms with Gasteiger partial charge in [0.2, 0.25) is 0 Å². The first-order valence-corrected chi connectivity index (χ1v) is 6.53. The quantitative estimate of drug-likeness (QED) is 0.514. The van der Waals surface area contributed by atoms with Gasteiger partial charge in [0, 0.05) is 12.1 Å². The number of carbonyl (C=O) groups is 2. The minimum absolute atomic E-state index is 0.0331. The van der Waals surface area contributed by atoms with Crippen LogP contribution in [0.2, 0.25) is 0 Å². The van der Waals surface area contributed by atoms with Crippen LogP contribution in [0.5, 0.6) is 0 Å². The van der Waals surface area contributed by atoms with Crippen molar-refractivity contribution in [3.63, 3.8) is 0 Å². The fourth-order valence-corrected chi connectivity index (χ4v) is 1.71. The summed E-state index contributed by atoms with van der Waals surface area (Å²) in [4.78, 5) is 33.2. The number of non-ortho nitro benzene ring substituents is 1. The number of nitro groups is 1. The van der Waals surface area contributed by atoms with E-state index in [9.17, 15) is 28.5 Å². The Morgan fingerprint density at radius 1 is 1.12 bits per heavy atom. The zero-order valence-corrected chi connectivity index (χ0v) is 12.0. The Bertz CT molecular complexity index is 793. The maximum Gasteiger partial charge on any atom is 0.338 e. The predicted octanol–water partition coefficient (Wildman–Crippen LogP) is 2.67. The highest BCUT2D eigenvalue weighted by Crippen LogP contribution is 2.21. The molecule has 0 saturated heterocycles. The first-order chi connectivity index (χ1) is 11.4. The molecular formula is C15H10F2N2O5. The number of benzene rings is 2. The lowest BCUT2D eigenvalue weighted by Crippen LogP contribution is -2.21. The summed E-state index contributed by atoms with van der Waals surface area (Å²) in [5, 5.41) is 12.7. The highest BCUT2D eigenvalue weighted by molar-refractivity contribution is 5.95. The van der Waals surface area contributed by atoms with E-state index in [4.69, 9.17) is 0 Å². The lowest BCUT2D eigenvalue weighted by molar-refractivity contribution is -0.384. The second-order valence-electron chi connectivity index (χ2n) is 4.55. The lowest BCUT2D eigenvalue weighted by Gasteiger charge is -2.07. The zero-order chi connectivity index (χ0) is 17.7. The van der Waals surface area contributed by atoms with Gasteiger partial charge in [0.15, 0.2) is 6.61 Å². The number of carbonyl (C=O) groups excluding carboxylic acids is 2. The molecule has 0 unspecified atom stereocenters. The third-order valence-electron chi connectivity index (χ3n) is 2.85. The summed E-state index contributed by atoms with van der Waals surface area (Å²) >= 11 is 0. The summed E-state index contributed by atoms with van der Waals surface area (Å²) in [5.74, 6) is -3.17. The molecule has 2 aromatic rings. The Labute approximate surface area is 134 Å². The van der Waals surface area contributed by atoms with Gasteiger partial charge in [0.1, 0.15) is 11.6 Å². The number of amides is 1. The number of nitrogens with zero attached hydrogens (tertiary/aromatic N) is 1. The van der Waals surface area contributed by atoms with Gasteiger partial charge in [-0.25, -0.2) is 13.6 Å². The smallest absolute Gasteiger partial charge is 0.338 e. The average Bonchev–Trinajstić information content (AvgIpc) is 2.55. The molecule has 24 heavy (non-hydrogen) atoms. The maximum absolute atomic E-state index is 13.5. The number of ether oxygens (including phenoxy) is 1. The van der Waals surface area contributed by atoms with Gasteiger partial charge in [-0.1, -0.05) is 0 Å². The number of hydrogen-bond acceptors (Lipinski definition) is 5. The second kappa shape index (κ2) is 7.27. The van der Waals surface area contributed by atoms with Crippen LogP contribution in [-0.4, -0.2) is 23.4 Å². The Kier molecular flexibility index (Phi) is 5.15. The van der Waals surface area contributed by atoms with Gasteiger partial charge in [-0.05, 0) is 30.3 Å². The molecule has 124 valence electrons. The van der Waals surface area contributed by atoms with Crippen LogP contribution in [0, 0.1) is 21.7 Å². The number of rotatable bonds is 5. The molecule has 0 aliphatic carbocycles. The van der Waals surface area contributed by atoms with Crippen molar-refractivity contribution < 1.29 is 28.0 Å². The minimum Gasteiger partial charge on any atom is -0.452 e. The molecule has 9 heteroatoms. The molecule has 0 aliphatic heterocycles. The van der Waals surface area contributed by atoms with Crippen LogP contribution < -0.4 is 5.32 Å². The van der Waals surface area contributed by atoms with Crippen LogP contribution in [0.4, 0.5) is 20.2 Å². The molecular weight excluding hydrogens is 326 g/mol. The van der Waals surface area contributed by atoms with Crippen molar-refractivity contribution in [1.82, 2.24) is 0 Å². The van der Waals surface area contributed by atoms with E-state index in [-0.39, 0.29) is 5.56 Å². The monoisotopic (exact) mass is 336 g/mol. The minimum atomic E-state index is -0.884. The number of anilines is 1. The van der Waals surface area contributed by atoms with E-state index in [0.717, 1.165) is 30.3 Å². The zero-order valence-electron chi connectivity index (χ0n) is 12.0. The van der Waals surface area contributed by atoms with Crippen LogP contribution in [-0.2, 0) is 9.53 Å². The molecule has 0 spiro atoms. The first kappa shape index (κ1) is 17.0. The van der Waals surface area contributed by atoms with Gasteiger partial charge in [-0.15, -0.1) is 0 Å². The number of nitro benzene ring substituents is 1. The summed E-state index contributed by atoms with van der Waals surface area (Å²) in [6.07, 6.45) is 0. The summed E-state index contributed by atoms with van der Waals surface area (Å²) in [5.41, 5.74) is -0.784. The van der Waals surface area contributed by atoms with E-state index < -0.39 is 46.4 Å². The van der Waals surface area contributed by atoms with Crippen molar-refractivity contribution >= 4 is 23.3 Å². The van der Waals surface area contributed by atoms with E-state index in [2.05, 4.69) is 10.1 Å². The Morgan fingerprint density at radius 2 is 1.79 bits per heavy atom. The molecule has 0 atom stereocenters. The molecule has 0 radical (unpaired) electrons. The Morgan fingerprint density at radius 3 is 2.42 bits per heavy atom. The van der Waals surface area contributed by atoms with Crippen molar-refractivity contribution in [3.05, 3.63) is 69.8 Å². The Balaban J connectivity index is 1.96. The summed E-state index contributed by atoms with van der Waals surface area (Å²) in [6, 6.07) is 7.07. The molecule has 0 bridgehead atoms. The molecule has 2 rings (SSSR count). The fourth-order valence-electron chi connectivity index (χ4n) is 1.71. The fraction of sp³-hybridized carbons (Fsp3) is 0.0667. The van der Waals surface area contributed by atoms with Gasteiger partial charge in [0.05, 0.1) is 16.2 Å². The number of hydrogen-bond donors (Lipinski definition) is 1. The van der Waals surface area contributed by atoms with Crippen LogP contribution in [0.15, 0.2) is 42.5 Å². The van der Waals surface area contributed by atoms with Crippen LogP contribution >= 0.6 is 0 Å². The molecule has 7 nitrogen and oxygen atoms in total. The molecule has 0 aliphatic rings. The van der Waals surface area contributed by atoms with Gasteiger partial charge >= 0.3 is 5.97 Å². The Hall–Kier alpha value is -3.36. The maximum atomic E-state index is 13.5. The van der Waals surface area contributed by atoms with Gasteiger partial charge < -0.3 is 10.1 Å². The summed E-state index contributed by atoms with van der Waals surface area (Å²) in [6.45, 7) is -0.738. The van der Waals surface area contributed by atoms with Crippen LogP contribution in [0.3, 0.4) is 0 Å². The van der Waals surface area contributed by atoms with E-state index in [0.29, 0.717) is 0 Å². The number of halogens is 2. The van der Waals surface area contributed by atoms with Crippen molar-refractivity contribution in [2.75, 3.05) is 11.9 Å². The largest absolute Gasteiger partial charge is 0.452 e. The third kappa shape index (κ3) is 4.32. The molecule has 1 N–H and O–H groups in total. The molecule has 1 amide bonds. The van der Waals surface area contributed by atoms with E-state index in [1.54, 1.807) is 0 Å². The van der Waals surface area contributed by atoms with Crippen molar-refractivity contribution in [1.29, 1.82) is 0 Å².